The lowest BCUT2D eigenvalue weighted by Crippen LogP contribution is -2.43. The van der Waals surface area contributed by atoms with Gasteiger partial charge in [0, 0.05) is 6.54 Å². The molecule has 0 aliphatic carbocycles. The third-order valence-electron chi connectivity index (χ3n) is 1.36. The number of nitrogens with one attached hydrogen (secondary N) is 1. The molecule has 1 rings (SSSR count). The van der Waals surface area contributed by atoms with Gasteiger partial charge in [0.25, 0.3) is 0 Å². The van der Waals surface area contributed by atoms with E-state index in [0.717, 1.165) is 0 Å². The van der Waals surface area contributed by atoms with Crippen LogP contribution in [-0.4, -0.2) is 38.1 Å². The molecule has 0 bridgehead atoms. The molecule has 1 saturated heterocycles. The van der Waals surface area contributed by atoms with Gasteiger partial charge in [0.1, 0.15) is 0 Å². The number of esters is 1. The second-order valence-electron chi connectivity index (χ2n) is 2.41. The first-order chi connectivity index (χ1) is 6.00. The zero-order chi connectivity index (χ0) is 9.90. The van der Waals surface area contributed by atoms with Crippen molar-refractivity contribution in [3.05, 3.63) is 0 Å². The molecule has 0 aromatic carbocycles. The number of hydrogen-bond acceptors (Lipinski definition) is 4. The van der Waals surface area contributed by atoms with Crippen LogP contribution in [0.25, 0.3) is 0 Å². The molecule has 76 valence electrons. The van der Waals surface area contributed by atoms with Crippen LogP contribution in [0.4, 0.5) is 13.2 Å². The van der Waals surface area contributed by atoms with E-state index in [9.17, 15) is 18.0 Å². The summed E-state index contributed by atoms with van der Waals surface area (Å²) >= 11 is 0. The molecular formula is C6H8F3NO3. The van der Waals surface area contributed by atoms with Gasteiger partial charge in [0.05, 0.1) is 13.2 Å². The molecule has 1 aliphatic rings. The van der Waals surface area contributed by atoms with Gasteiger partial charge in [-0.1, -0.05) is 0 Å². The number of alkyl halides is 3. The van der Waals surface area contributed by atoms with Crippen molar-refractivity contribution in [1.29, 1.82) is 0 Å². The fraction of sp³-hybridized carbons (Fsp3) is 0.833. The fourth-order valence-electron chi connectivity index (χ4n) is 0.803. The second kappa shape index (κ2) is 3.93. The number of carbonyl (C=O) groups is 1. The molecule has 1 aliphatic heterocycles. The Kier molecular flexibility index (Phi) is 3.10. The molecule has 1 fully saturated rings. The molecule has 0 amide bonds. The molecule has 0 aromatic heterocycles. The minimum atomic E-state index is -4.96. The second-order valence-corrected chi connectivity index (χ2v) is 2.41. The van der Waals surface area contributed by atoms with Crippen LogP contribution in [-0.2, 0) is 14.3 Å². The average molecular weight is 199 g/mol. The van der Waals surface area contributed by atoms with Crippen LogP contribution in [0.15, 0.2) is 0 Å². The van der Waals surface area contributed by atoms with Crippen molar-refractivity contribution in [2.45, 2.75) is 12.5 Å². The van der Waals surface area contributed by atoms with E-state index in [1.165, 1.54) is 0 Å². The highest BCUT2D eigenvalue weighted by atomic mass is 19.4. The zero-order valence-electron chi connectivity index (χ0n) is 6.56. The standard InChI is InChI=1S/C6H8F3NO3/c7-6(8,9)5(11)13-4-3-10-1-2-12-4/h4,10H,1-3H2. The van der Waals surface area contributed by atoms with E-state index in [1.807, 2.05) is 0 Å². The normalized spacial score (nSPS) is 24.1. The van der Waals surface area contributed by atoms with Crippen LogP contribution in [0.3, 0.4) is 0 Å². The molecule has 0 radical (unpaired) electrons. The van der Waals surface area contributed by atoms with Crippen molar-refractivity contribution in [3.63, 3.8) is 0 Å². The van der Waals surface area contributed by atoms with Crippen LogP contribution < -0.4 is 5.32 Å². The number of halogens is 3. The lowest BCUT2D eigenvalue weighted by molar-refractivity contribution is -0.227. The molecule has 0 saturated carbocycles. The van der Waals surface area contributed by atoms with Gasteiger partial charge in [-0.05, 0) is 0 Å². The summed E-state index contributed by atoms with van der Waals surface area (Å²) < 4.78 is 43.7. The highest BCUT2D eigenvalue weighted by Gasteiger charge is 2.42. The van der Waals surface area contributed by atoms with E-state index in [2.05, 4.69) is 10.1 Å². The molecular weight excluding hydrogens is 191 g/mol. The molecule has 4 nitrogen and oxygen atoms in total. The Labute approximate surface area is 72.0 Å². The third kappa shape index (κ3) is 3.19. The van der Waals surface area contributed by atoms with E-state index in [1.54, 1.807) is 0 Å². The van der Waals surface area contributed by atoms with Crippen LogP contribution >= 0.6 is 0 Å². The van der Waals surface area contributed by atoms with Gasteiger partial charge in [-0.25, -0.2) is 4.79 Å². The van der Waals surface area contributed by atoms with Crippen molar-refractivity contribution in [1.82, 2.24) is 5.32 Å². The minimum absolute atomic E-state index is 0.0851. The number of morpholine rings is 1. The SMILES string of the molecule is O=C(OC1CNCCO1)C(F)(F)F. The fourth-order valence-corrected chi connectivity index (χ4v) is 0.803. The molecule has 0 spiro atoms. The van der Waals surface area contributed by atoms with Crippen LogP contribution in [0.5, 0.6) is 0 Å². The number of hydrogen-bond donors (Lipinski definition) is 1. The maximum atomic E-state index is 11.7. The summed E-state index contributed by atoms with van der Waals surface area (Å²) in [6.07, 6.45) is -6.09. The Morgan fingerprint density at radius 3 is 2.69 bits per heavy atom. The molecule has 1 unspecified atom stereocenters. The maximum Gasteiger partial charge on any atom is 0.491 e. The summed E-state index contributed by atoms with van der Waals surface area (Å²) in [4.78, 5) is 10.3. The Hall–Kier alpha value is -0.820. The van der Waals surface area contributed by atoms with E-state index < -0.39 is 18.4 Å². The molecule has 1 heterocycles. The van der Waals surface area contributed by atoms with Gasteiger partial charge < -0.3 is 14.8 Å². The number of carbonyl (C=O) groups excluding carboxylic acids is 1. The first-order valence-corrected chi connectivity index (χ1v) is 3.60. The van der Waals surface area contributed by atoms with Crippen LogP contribution in [0.1, 0.15) is 0 Å². The third-order valence-corrected chi connectivity index (χ3v) is 1.36. The first kappa shape index (κ1) is 10.3. The zero-order valence-corrected chi connectivity index (χ0v) is 6.56. The van der Waals surface area contributed by atoms with E-state index in [-0.39, 0.29) is 13.2 Å². The molecule has 13 heavy (non-hydrogen) atoms. The minimum Gasteiger partial charge on any atom is -0.428 e. The van der Waals surface area contributed by atoms with Crippen molar-refractivity contribution in [3.8, 4) is 0 Å². The topological polar surface area (TPSA) is 47.6 Å². The van der Waals surface area contributed by atoms with Crippen LogP contribution in [0.2, 0.25) is 0 Å². The Bertz CT molecular complexity index is 188. The first-order valence-electron chi connectivity index (χ1n) is 3.60. The van der Waals surface area contributed by atoms with Gasteiger partial charge in [0.2, 0.25) is 6.29 Å². The Morgan fingerprint density at radius 1 is 1.54 bits per heavy atom. The predicted molar refractivity (Wildman–Crippen MR) is 34.8 cm³/mol. The summed E-state index contributed by atoms with van der Waals surface area (Å²) in [6.45, 7) is 0.859. The van der Waals surface area contributed by atoms with E-state index >= 15 is 0 Å². The highest BCUT2D eigenvalue weighted by molar-refractivity contribution is 5.75. The summed E-state index contributed by atoms with van der Waals surface area (Å²) in [5.74, 6) is -2.22. The maximum absolute atomic E-state index is 11.7. The van der Waals surface area contributed by atoms with Gasteiger partial charge in [-0.2, -0.15) is 13.2 Å². The highest BCUT2D eigenvalue weighted by Crippen LogP contribution is 2.17. The Morgan fingerprint density at radius 2 is 2.23 bits per heavy atom. The predicted octanol–water partition coefficient (Wildman–Crippen LogP) is 0.0378. The summed E-state index contributed by atoms with van der Waals surface area (Å²) in [6, 6.07) is 0. The number of ether oxygens (including phenoxy) is 2. The quantitative estimate of drug-likeness (QED) is 0.605. The van der Waals surface area contributed by atoms with E-state index in [4.69, 9.17) is 4.74 Å². The van der Waals surface area contributed by atoms with Crippen molar-refractivity contribution < 1.29 is 27.4 Å². The van der Waals surface area contributed by atoms with Gasteiger partial charge in [-0.15, -0.1) is 0 Å². The smallest absolute Gasteiger partial charge is 0.428 e. The van der Waals surface area contributed by atoms with Crippen molar-refractivity contribution >= 4 is 5.97 Å². The Balaban J connectivity index is 2.35. The summed E-state index contributed by atoms with van der Waals surface area (Å²) in [7, 11) is 0. The van der Waals surface area contributed by atoms with Gasteiger partial charge in [-0.3, -0.25) is 0 Å². The van der Waals surface area contributed by atoms with Crippen molar-refractivity contribution in [2.24, 2.45) is 0 Å². The van der Waals surface area contributed by atoms with Crippen LogP contribution in [0, 0.1) is 0 Å². The molecule has 0 aromatic rings. The lowest BCUT2D eigenvalue weighted by atomic mass is 10.5. The molecule has 1 atom stereocenters. The molecule has 7 heteroatoms. The summed E-state index contributed by atoms with van der Waals surface area (Å²) in [5.41, 5.74) is 0. The molecule has 1 N–H and O–H groups in total. The summed E-state index contributed by atoms with van der Waals surface area (Å²) in [5, 5.41) is 2.72. The monoisotopic (exact) mass is 199 g/mol. The van der Waals surface area contributed by atoms with Crippen molar-refractivity contribution in [2.75, 3.05) is 19.7 Å². The largest absolute Gasteiger partial charge is 0.491 e. The number of rotatable bonds is 1. The van der Waals surface area contributed by atoms with Gasteiger partial charge in [0.15, 0.2) is 0 Å². The van der Waals surface area contributed by atoms with E-state index in [0.29, 0.717) is 6.54 Å². The van der Waals surface area contributed by atoms with Gasteiger partial charge >= 0.3 is 12.1 Å². The lowest BCUT2D eigenvalue weighted by Gasteiger charge is -2.23. The average Bonchev–Trinajstić information content (AvgIpc) is 2.04.